The first-order chi connectivity index (χ1) is 12.2. The number of nitrogens with one attached hydrogen (secondary N) is 1. The summed E-state index contributed by atoms with van der Waals surface area (Å²) in [6.45, 7) is 2.15. The number of aromatic nitrogens is 4. The smallest absolute Gasteiger partial charge is 0.228 e. The minimum atomic E-state index is -0.0378. The third-order valence-electron chi connectivity index (χ3n) is 3.91. The highest BCUT2D eigenvalue weighted by Gasteiger charge is 2.08. The summed E-state index contributed by atoms with van der Waals surface area (Å²) in [5, 5.41) is 14.4. The summed E-state index contributed by atoms with van der Waals surface area (Å²) in [6.07, 6.45) is 3.93. The summed E-state index contributed by atoms with van der Waals surface area (Å²) in [5.74, 6) is -0.0378. The molecule has 0 aliphatic carbocycles. The Kier molecular flexibility index (Phi) is 5.45. The fourth-order valence-corrected chi connectivity index (χ4v) is 2.86. The Morgan fingerprint density at radius 1 is 1.24 bits per heavy atom. The number of hydrogen-bond donors (Lipinski definition) is 1. The summed E-state index contributed by atoms with van der Waals surface area (Å²) in [5.41, 5.74) is 3.82. The molecule has 0 saturated heterocycles. The summed E-state index contributed by atoms with van der Waals surface area (Å²) < 4.78 is 1.57. The van der Waals surface area contributed by atoms with Crippen molar-refractivity contribution in [3.63, 3.8) is 0 Å². The molecule has 25 heavy (non-hydrogen) atoms. The topological polar surface area (TPSA) is 72.7 Å². The first-order valence-electron chi connectivity index (χ1n) is 7.90. The molecule has 3 aromatic rings. The number of amides is 1. The molecule has 0 radical (unpaired) electrons. The first kappa shape index (κ1) is 17.2. The van der Waals surface area contributed by atoms with Gasteiger partial charge in [0.1, 0.15) is 6.33 Å². The van der Waals surface area contributed by atoms with E-state index in [9.17, 15) is 4.79 Å². The van der Waals surface area contributed by atoms with Crippen molar-refractivity contribution in [2.24, 2.45) is 0 Å². The summed E-state index contributed by atoms with van der Waals surface area (Å²) >= 11 is 1.78. The van der Waals surface area contributed by atoms with E-state index in [2.05, 4.69) is 40.1 Å². The van der Waals surface area contributed by atoms with Crippen LogP contribution in [0.4, 0.5) is 5.69 Å². The molecule has 0 bridgehead atoms. The molecule has 1 amide bonds. The molecule has 0 aliphatic heterocycles. The lowest BCUT2D eigenvalue weighted by molar-refractivity contribution is -0.115. The number of hydrogen-bond acceptors (Lipinski definition) is 5. The van der Waals surface area contributed by atoms with Crippen LogP contribution < -0.4 is 5.32 Å². The van der Waals surface area contributed by atoms with Crippen LogP contribution in [0.15, 0.2) is 54.9 Å². The van der Waals surface area contributed by atoms with E-state index in [1.165, 1.54) is 11.9 Å². The van der Waals surface area contributed by atoms with E-state index < -0.39 is 0 Å². The van der Waals surface area contributed by atoms with Gasteiger partial charge in [-0.1, -0.05) is 24.3 Å². The number of carbonyl (C=O) groups is 1. The highest BCUT2D eigenvalue weighted by Crippen LogP contribution is 2.27. The maximum absolute atomic E-state index is 12.3. The lowest BCUT2D eigenvalue weighted by atomic mass is 10.1. The van der Waals surface area contributed by atoms with Gasteiger partial charge in [0.2, 0.25) is 5.91 Å². The Bertz CT molecular complexity index is 833. The quantitative estimate of drug-likeness (QED) is 0.736. The molecular weight excluding hydrogens is 334 g/mol. The van der Waals surface area contributed by atoms with E-state index >= 15 is 0 Å². The summed E-state index contributed by atoms with van der Waals surface area (Å²) in [4.78, 5) is 12.3. The molecule has 6 nitrogen and oxygen atoms in total. The molecule has 1 N–H and O–H groups in total. The molecule has 1 unspecified atom stereocenters. The van der Waals surface area contributed by atoms with Gasteiger partial charge in [0.05, 0.1) is 12.1 Å². The Morgan fingerprint density at radius 2 is 2.04 bits per heavy atom. The maximum atomic E-state index is 12.3. The van der Waals surface area contributed by atoms with Gasteiger partial charge < -0.3 is 5.32 Å². The first-order valence-corrected chi connectivity index (χ1v) is 9.19. The van der Waals surface area contributed by atoms with Gasteiger partial charge in [0.25, 0.3) is 0 Å². The highest BCUT2D eigenvalue weighted by molar-refractivity contribution is 7.98. The Balaban J connectivity index is 1.63. The molecule has 0 saturated carbocycles. The van der Waals surface area contributed by atoms with Crippen molar-refractivity contribution < 1.29 is 4.79 Å². The zero-order chi connectivity index (χ0) is 17.6. The van der Waals surface area contributed by atoms with E-state index in [-0.39, 0.29) is 5.91 Å². The minimum Gasteiger partial charge on any atom is -0.326 e. The fraction of sp³-hybridized carbons (Fsp3) is 0.222. The van der Waals surface area contributed by atoms with Crippen molar-refractivity contribution in [2.45, 2.75) is 18.6 Å². The van der Waals surface area contributed by atoms with E-state index in [0.29, 0.717) is 11.7 Å². The number of benzene rings is 2. The molecular formula is C18H19N5OS. The molecule has 128 valence electrons. The Morgan fingerprint density at radius 3 is 2.72 bits per heavy atom. The van der Waals surface area contributed by atoms with Gasteiger partial charge in [0, 0.05) is 10.9 Å². The molecule has 1 heterocycles. The van der Waals surface area contributed by atoms with Crippen molar-refractivity contribution in [1.82, 2.24) is 20.2 Å². The van der Waals surface area contributed by atoms with E-state index in [1.807, 2.05) is 42.5 Å². The van der Waals surface area contributed by atoms with Gasteiger partial charge in [-0.3, -0.25) is 4.79 Å². The monoisotopic (exact) mass is 353 g/mol. The van der Waals surface area contributed by atoms with Gasteiger partial charge >= 0.3 is 0 Å². The van der Waals surface area contributed by atoms with Crippen LogP contribution >= 0.6 is 11.8 Å². The van der Waals surface area contributed by atoms with Crippen molar-refractivity contribution >= 4 is 23.4 Å². The Labute approximate surface area is 150 Å². The fourth-order valence-electron chi connectivity index (χ4n) is 2.44. The maximum Gasteiger partial charge on any atom is 0.228 e. The predicted octanol–water partition coefficient (Wildman–Crippen LogP) is 3.27. The third-order valence-corrected chi connectivity index (χ3v) is 4.89. The third kappa shape index (κ3) is 4.45. The molecule has 0 spiro atoms. The second kappa shape index (κ2) is 7.94. The highest BCUT2D eigenvalue weighted by atomic mass is 32.2. The number of thioether (sulfide) groups is 1. The molecule has 0 fully saturated rings. The second-order valence-corrected chi connectivity index (χ2v) is 6.83. The Hall–Kier alpha value is -2.67. The zero-order valence-electron chi connectivity index (χ0n) is 14.1. The second-order valence-electron chi connectivity index (χ2n) is 5.65. The molecule has 1 aromatic heterocycles. The van der Waals surface area contributed by atoms with Crippen molar-refractivity contribution in [2.75, 3.05) is 11.6 Å². The average Bonchev–Trinajstić information content (AvgIpc) is 3.16. The van der Waals surface area contributed by atoms with E-state index in [4.69, 9.17) is 0 Å². The number of rotatable bonds is 6. The van der Waals surface area contributed by atoms with Crippen LogP contribution in [0.1, 0.15) is 23.3 Å². The van der Waals surface area contributed by atoms with E-state index in [1.54, 1.807) is 16.4 Å². The molecule has 3 rings (SSSR count). The van der Waals surface area contributed by atoms with Gasteiger partial charge in [-0.2, -0.15) is 11.8 Å². The van der Waals surface area contributed by atoms with Crippen LogP contribution in [0.2, 0.25) is 0 Å². The molecule has 1 atom stereocenters. The van der Waals surface area contributed by atoms with Crippen LogP contribution in [0, 0.1) is 0 Å². The minimum absolute atomic E-state index is 0.0378. The van der Waals surface area contributed by atoms with Crippen molar-refractivity contribution in [3.05, 3.63) is 66.0 Å². The SMILES string of the molecule is CSC(C)c1cccc(NC(=O)Cc2ccc(-n3cnnn3)cc2)c1. The van der Waals surface area contributed by atoms with Crippen LogP contribution in [-0.2, 0) is 11.2 Å². The van der Waals surface area contributed by atoms with Crippen LogP contribution in [0.3, 0.4) is 0 Å². The molecule has 0 aliphatic rings. The standard InChI is InChI=1S/C18H19N5OS/c1-13(25-2)15-4-3-5-16(11-15)20-18(24)10-14-6-8-17(9-7-14)23-12-19-21-22-23/h3-9,11-13H,10H2,1-2H3,(H,20,24). The average molecular weight is 353 g/mol. The molecule has 7 heteroatoms. The number of tetrazole rings is 1. The largest absolute Gasteiger partial charge is 0.326 e. The lowest BCUT2D eigenvalue weighted by Gasteiger charge is -2.11. The van der Waals surface area contributed by atoms with Gasteiger partial charge in [0.15, 0.2) is 0 Å². The normalized spacial score (nSPS) is 11.9. The summed E-state index contributed by atoms with van der Waals surface area (Å²) in [7, 11) is 0. The van der Waals surface area contributed by atoms with E-state index in [0.717, 1.165) is 16.9 Å². The van der Waals surface area contributed by atoms with Crippen LogP contribution in [-0.4, -0.2) is 32.4 Å². The molecule has 2 aromatic carbocycles. The van der Waals surface area contributed by atoms with Crippen molar-refractivity contribution in [1.29, 1.82) is 0 Å². The van der Waals surface area contributed by atoms with Crippen LogP contribution in [0.5, 0.6) is 0 Å². The van der Waals surface area contributed by atoms with Gasteiger partial charge in [-0.05, 0) is 59.0 Å². The predicted molar refractivity (Wildman–Crippen MR) is 99.9 cm³/mol. The zero-order valence-corrected chi connectivity index (χ0v) is 14.9. The van der Waals surface area contributed by atoms with Crippen LogP contribution in [0.25, 0.3) is 5.69 Å². The van der Waals surface area contributed by atoms with Crippen molar-refractivity contribution in [3.8, 4) is 5.69 Å². The number of anilines is 1. The number of nitrogens with zero attached hydrogens (tertiary/aromatic N) is 4. The lowest BCUT2D eigenvalue weighted by Crippen LogP contribution is -2.14. The number of carbonyl (C=O) groups excluding carboxylic acids is 1. The summed E-state index contributed by atoms with van der Waals surface area (Å²) in [6, 6.07) is 15.6. The van der Waals surface area contributed by atoms with Gasteiger partial charge in [-0.15, -0.1) is 5.10 Å². The van der Waals surface area contributed by atoms with Gasteiger partial charge in [-0.25, -0.2) is 4.68 Å².